The minimum Gasteiger partial charge on any atom is -0.465 e. The van der Waals surface area contributed by atoms with Crippen LogP contribution < -0.4 is 5.32 Å². The number of carbonyl (C=O) groups excluding carboxylic acids is 3. The van der Waals surface area contributed by atoms with Crippen molar-refractivity contribution in [1.82, 2.24) is 10.2 Å². The van der Waals surface area contributed by atoms with Crippen molar-refractivity contribution in [2.75, 3.05) is 49.4 Å². The summed E-state index contributed by atoms with van der Waals surface area (Å²) in [6.45, 7) is 4.22. The van der Waals surface area contributed by atoms with Gasteiger partial charge in [-0.15, -0.1) is 33.6 Å². The fourth-order valence-electron chi connectivity index (χ4n) is 4.65. The summed E-state index contributed by atoms with van der Waals surface area (Å²) in [6, 6.07) is 7.70. The number of benzene rings is 1. The van der Waals surface area contributed by atoms with Gasteiger partial charge in [-0.05, 0) is 32.3 Å². The molecule has 1 aromatic rings. The van der Waals surface area contributed by atoms with E-state index in [4.69, 9.17) is 9.47 Å². The van der Waals surface area contributed by atoms with Crippen LogP contribution in [-0.4, -0.2) is 99.4 Å². The maximum atomic E-state index is 13.7. The largest absolute Gasteiger partial charge is 0.465 e. The van der Waals surface area contributed by atoms with Crippen LogP contribution in [0.3, 0.4) is 0 Å². The lowest BCUT2D eigenvalue weighted by atomic mass is 10.0. The van der Waals surface area contributed by atoms with Crippen LogP contribution >= 0.6 is 35.3 Å². The number of hydrogen-bond donors (Lipinski definition) is 1. The first-order valence-electron chi connectivity index (χ1n) is 13.3. The van der Waals surface area contributed by atoms with E-state index in [1.165, 1.54) is 11.8 Å². The molecule has 0 aliphatic carbocycles. The van der Waals surface area contributed by atoms with Gasteiger partial charge in [0.15, 0.2) is 0 Å². The number of aryl methyl sites for hydroxylation is 1. The van der Waals surface area contributed by atoms with E-state index in [1.54, 1.807) is 42.3 Å². The van der Waals surface area contributed by atoms with Crippen molar-refractivity contribution >= 4 is 53.1 Å². The Morgan fingerprint density at radius 3 is 2.55 bits per heavy atom. The summed E-state index contributed by atoms with van der Waals surface area (Å²) in [5.74, 6) is 1.65. The average molecular weight is 616 g/mol. The van der Waals surface area contributed by atoms with Crippen LogP contribution in [0.4, 0.5) is 0 Å². The zero-order valence-electron chi connectivity index (χ0n) is 22.8. The summed E-state index contributed by atoms with van der Waals surface area (Å²) in [5, 5.41) is 12.6. The van der Waals surface area contributed by atoms with Gasteiger partial charge < -0.3 is 19.2 Å². The van der Waals surface area contributed by atoms with E-state index >= 15 is 0 Å². The first-order valence-corrected chi connectivity index (χ1v) is 16.4. The van der Waals surface area contributed by atoms with Gasteiger partial charge in [0.05, 0.1) is 16.7 Å². The molecule has 0 aromatic heterocycles. The SMILES string of the molecule is CCOC(=O)C(CCc1ccccc1)NC(C)C(=O)N1CC2(CC1C(=O)OCCSCCO[N+](=O)[O-])SCCS2. The van der Waals surface area contributed by atoms with Crippen LogP contribution in [0.15, 0.2) is 30.3 Å². The lowest BCUT2D eigenvalue weighted by molar-refractivity contribution is -0.756. The van der Waals surface area contributed by atoms with Crippen molar-refractivity contribution in [3.63, 3.8) is 0 Å². The molecule has 1 spiro atoms. The standard InChI is InChI=1S/C26H37N3O8S3/c1-3-35-24(31)21(10-9-20-7-5-4-6-8-20)27-19(2)23(30)28-18-26(39-15-16-40-26)17-22(28)25(32)36-11-13-38-14-12-37-29(33)34/h4-8,19,21-22,27H,3,9-18H2,1-2H3. The zero-order valence-corrected chi connectivity index (χ0v) is 25.2. The highest BCUT2D eigenvalue weighted by Gasteiger charge is 2.52. The zero-order chi connectivity index (χ0) is 29.0. The highest BCUT2D eigenvalue weighted by atomic mass is 32.2. The Hall–Kier alpha value is -2.16. The minimum atomic E-state index is -0.838. The molecule has 11 nitrogen and oxygen atoms in total. The lowest BCUT2D eigenvalue weighted by Gasteiger charge is -2.29. The van der Waals surface area contributed by atoms with Gasteiger partial charge in [-0.1, -0.05) is 30.3 Å². The normalized spacial score (nSPS) is 19.2. The van der Waals surface area contributed by atoms with Gasteiger partial charge in [-0.25, -0.2) is 4.79 Å². The van der Waals surface area contributed by atoms with Crippen LogP contribution in [-0.2, 0) is 35.1 Å². The van der Waals surface area contributed by atoms with Crippen LogP contribution in [0.2, 0.25) is 0 Å². The van der Waals surface area contributed by atoms with E-state index in [2.05, 4.69) is 10.2 Å². The molecule has 222 valence electrons. The number of esters is 2. The molecule has 1 N–H and O–H groups in total. The maximum Gasteiger partial charge on any atom is 0.328 e. The number of carbonyl (C=O) groups is 3. The molecule has 40 heavy (non-hydrogen) atoms. The molecule has 0 bridgehead atoms. The Morgan fingerprint density at radius 1 is 1.18 bits per heavy atom. The number of amides is 1. The van der Waals surface area contributed by atoms with E-state index in [0.717, 1.165) is 17.1 Å². The quantitative estimate of drug-likeness (QED) is 0.127. The Bertz CT molecular complexity index is 997. The molecule has 2 aliphatic rings. The molecule has 14 heteroatoms. The van der Waals surface area contributed by atoms with Crippen molar-refractivity contribution in [3.05, 3.63) is 46.0 Å². The van der Waals surface area contributed by atoms with Gasteiger partial charge in [0, 0.05) is 36.0 Å². The smallest absolute Gasteiger partial charge is 0.328 e. The number of hydrogen-bond acceptors (Lipinski definition) is 12. The summed E-state index contributed by atoms with van der Waals surface area (Å²) >= 11 is 4.92. The highest BCUT2D eigenvalue weighted by Crippen LogP contribution is 2.52. The monoisotopic (exact) mass is 615 g/mol. The average Bonchev–Trinajstić information content (AvgIpc) is 3.56. The fourth-order valence-corrected chi connectivity index (χ4v) is 8.50. The maximum absolute atomic E-state index is 13.7. The molecule has 1 amide bonds. The summed E-state index contributed by atoms with van der Waals surface area (Å²) in [4.78, 5) is 55.7. The van der Waals surface area contributed by atoms with Crippen molar-refractivity contribution in [2.45, 2.75) is 55.3 Å². The summed E-state index contributed by atoms with van der Waals surface area (Å²) < 4.78 is 10.5. The van der Waals surface area contributed by atoms with E-state index in [0.29, 0.717) is 37.3 Å². The number of nitrogens with one attached hydrogen (secondary N) is 1. The van der Waals surface area contributed by atoms with Gasteiger partial charge in [0.2, 0.25) is 5.91 Å². The first-order chi connectivity index (χ1) is 19.2. The second-order valence-corrected chi connectivity index (χ2v) is 13.8. The Morgan fingerprint density at radius 2 is 1.88 bits per heavy atom. The highest BCUT2D eigenvalue weighted by molar-refractivity contribution is 8.21. The first kappa shape index (κ1) is 32.4. The summed E-state index contributed by atoms with van der Waals surface area (Å²) in [6.07, 6.45) is 1.61. The third kappa shape index (κ3) is 9.74. The Kier molecular flexibility index (Phi) is 13.2. The van der Waals surface area contributed by atoms with Gasteiger partial charge in [-0.2, -0.15) is 11.8 Å². The summed E-state index contributed by atoms with van der Waals surface area (Å²) in [7, 11) is 0. The minimum absolute atomic E-state index is 0.0312. The molecular weight excluding hydrogens is 579 g/mol. The van der Waals surface area contributed by atoms with E-state index in [-0.39, 0.29) is 29.8 Å². The second kappa shape index (κ2) is 16.3. The number of nitrogens with zero attached hydrogens (tertiary/aromatic N) is 2. The summed E-state index contributed by atoms with van der Waals surface area (Å²) in [5.41, 5.74) is 1.08. The predicted molar refractivity (Wildman–Crippen MR) is 157 cm³/mol. The van der Waals surface area contributed by atoms with Crippen molar-refractivity contribution in [1.29, 1.82) is 0 Å². The van der Waals surface area contributed by atoms with Crippen molar-refractivity contribution in [2.24, 2.45) is 0 Å². The van der Waals surface area contributed by atoms with Gasteiger partial charge >= 0.3 is 11.9 Å². The van der Waals surface area contributed by atoms with Crippen LogP contribution in [0, 0.1) is 10.1 Å². The van der Waals surface area contributed by atoms with Crippen LogP contribution in [0.25, 0.3) is 0 Å². The topological polar surface area (TPSA) is 137 Å². The molecule has 0 saturated carbocycles. The molecule has 0 radical (unpaired) electrons. The van der Waals surface area contributed by atoms with E-state index < -0.39 is 35.2 Å². The second-order valence-electron chi connectivity index (χ2n) is 9.35. The molecule has 3 rings (SSSR count). The molecule has 1 aromatic carbocycles. The van der Waals surface area contributed by atoms with E-state index in [9.17, 15) is 24.5 Å². The van der Waals surface area contributed by atoms with Crippen molar-refractivity contribution < 1.29 is 33.8 Å². The number of ether oxygens (including phenoxy) is 2. The Balaban J connectivity index is 1.60. The molecular formula is C26H37N3O8S3. The number of rotatable bonds is 16. The van der Waals surface area contributed by atoms with Gasteiger partial charge in [-0.3, -0.25) is 14.9 Å². The Labute approximate surface area is 247 Å². The van der Waals surface area contributed by atoms with Crippen LogP contribution in [0.1, 0.15) is 32.3 Å². The van der Waals surface area contributed by atoms with Crippen LogP contribution in [0.5, 0.6) is 0 Å². The predicted octanol–water partition coefficient (Wildman–Crippen LogP) is 2.79. The van der Waals surface area contributed by atoms with Gasteiger partial charge in [0.25, 0.3) is 5.09 Å². The van der Waals surface area contributed by atoms with Crippen molar-refractivity contribution in [3.8, 4) is 0 Å². The molecule has 3 atom stereocenters. The lowest BCUT2D eigenvalue weighted by Crippen LogP contribution is -2.53. The van der Waals surface area contributed by atoms with Gasteiger partial charge in [0.1, 0.15) is 25.3 Å². The number of thioether (sulfide) groups is 3. The molecule has 2 aliphatic heterocycles. The van der Waals surface area contributed by atoms with E-state index in [1.807, 2.05) is 30.3 Å². The molecule has 2 saturated heterocycles. The molecule has 3 unspecified atom stereocenters. The third-order valence-corrected chi connectivity index (χ3v) is 10.9. The third-order valence-electron chi connectivity index (χ3n) is 6.51. The molecule has 2 fully saturated rings. The molecule has 2 heterocycles. The fraction of sp³-hybridized carbons (Fsp3) is 0.654. The number of likely N-dealkylation sites (tertiary alicyclic amines) is 1.